The molecule has 0 atom stereocenters. The second kappa shape index (κ2) is 6.49. The highest BCUT2D eigenvalue weighted by molar-refractivity contribution is 5.61. The predicted molar refractivity (Wildman–Crippen MR) is 84.2 cm³/mol. The molecule has 0 aliphatic rings. The Kier molecular flexibility index (Phi) is 4.06. The van der Waals surface area contributed by atoms with Crippen molar-refractivity contribution in [2.24, 2.45) is 10.2 Å². The lowest BCUT2D eigenvalue weighted by Gasteiger charge is -2.05. The second-order valence-corrected chi connectivity index (χ2v) is 4.64. The first-order valence-corrected chi connectivity index (χ1v) is 6.85. The van der Waals surface area contributed by atoms with Gasteiger partial charge in [-0.05, 0) is 58.4 Å². The molecule has 3 aromatic rings. The van der Waals surface area contributed by atoms with Crippen molar-refractivity contribution in [3.05, 3.63) is 79.0 Å². The van der Waals surface area contributed by atoms with Gasteiger partial charge < -0.3 is 10.5 Å². The molecule has 0 unspecified atom stereocenters. The molecule has 0 aliphatic heterocycles. The molecular weight excluding hydrogens is 276 g/mol. The molecule has 5 nitrogen and oxygen atoms in total. The van der Waals surface area contributed by atoms with E-state index in [-0.39, 0.29) is 0 Å². The predicted octanol–water partition coefficient (Wildman–Crippen LogP) is 4.37. The molecule has 1 aromatic heterocycles. The topological polar surface area (TPSA) is 60.9 Å². The van der Waals surface area contributed by atoms with Crippen molar-refractivity contribution in [1.29, 1.82) is 0 Å². The summed E-state index contributed by atoms with van der Waals surface area (Å²) in [4.78, 5) is 0. The third-order valence-electron chi connectivity index (χ3n) is 3.02. The van der Waals surface area contributed by atoms with E-state index >= 15 is 0 Å². The van der Waals surface area contributed by atoms with Gasteiger partial charge >= 0.3 is 5.82 Å². The quantitative estimate of drug-likeness (QED) is 0.426. The van der Waals surface area contributed by atoms with Gasteiger partial charge in [0.05, 0.1) is 5.11 Å². The van der Waals surface area contributed by atoms with E-state index < -0.39 is 0 Å². The van der Waals surface area contributed by atoms with Gasteiger partial charge in [-0.25, -0.2) is 0 Å². The van der Waals surface area contributed by atoms with Gasteiger partial charge in [-0.3, -0.25) is 0 Å². The molecule has 0 bridgehead atoms. The number of aromatic nitrogens is 1. The second-order valence-electron chi connectivity index (χ2n) is 4.64. The lowest BCUT2D eigenvalue weighted by molar-refractivity contribution is -0.894. The normalized spacial score (nSPS) is 10.7. The van der Waals surface area contributed by atoms with Crippen molar-refractivity contribution < 1.29 is 9.94 Å². The molecule has 5 heteroatoms. The van der Waals surface area contributed by atoms with E-state index in [9.17, 15) is 5.21 Å². The first-order chi connectivity index (χ1) is 10.8. The lowest BCUT2D eigenvalue weighted by atomic mass is 10.2. The van der Waals surface area contributed by atoms with Crippen LogP contribution in [0.25, 0.3) is 0 Å². The van der Waals surface area contributed by atoms with E-state index in [1.54, 1.807) is 18.2 Å². The van der Waals surface area contributed by atoms with Crippen LogP contribution in [0, 0.1) is 0 Å². The highest BCUT2D eigenvalue weighted by Crippen LogP contribution is 2.21. The number of azo groups is 1. The summed E-state index contributed by atoms with van der Waals surface area (Å²) >= 11 is 0. The number of anilines is 2. The van der Waals surface area contributed by atoms with Crippen molar-refractivity contribution in [2.75, 3.05) is 5.32 Å². The molecule has 0 amide bonds. The molecule has 0 saturated carbocycles. The van der Waals surface area contributed by atoms with Gasteiger partial charge in [0.25, 0.3) is 0 Å². The number of hydrogen-bond donors (Lipinski definition) is 2. The minimum absolute atomic E-state index is 0.369. The highest BCUT2D eigenvalue weighted by Gasteiger charge is 2.06. The molecule has 0 spiro atoms. The Morgan fingerprint density at radius 2 is 1.41 bits per heavy atom. The Morgan fingerprint density at radius 3 is 2.14 bits per heavy atom. The molecule has 2 aromatic carbocycles. The van der Waals surface area contributed by atoms with Gasteiger partial charge in [0.2, 0.25) is 0 Å². The molecule has 0 radical (unpaired) electrons. The standard InChI is InChI=1S/C17H14N4O/c22-21-13-5-4-8-17(21)20-19-16-11-9-15(10-12-16)18-14-6-2-1-3-7-14/h1-13,22H/p+1. The molecule has 1 heterocycles. The molecule has 3 rings (SSSR count). The minimum Gasteiger partial charge on any atom is -0.356 e. The van der Waals surface area contributed by atoms with Crippen LogP contribution in [0.3, 0.4) is 0 Å². The Labute approximate surface area is 128 Å². The number of pyridine rings is 1. The van der Waals surface area contributed by atoms with E-state index in [4.69, 9.17) is 0 Å². The monoisotopic (exact) mass is 291 g/mol. The molecule has 0 aliphatic carbocycles. The fourth-order valence-corrected chi connectivity index (χ4v) is 1.91. The van der Waals surface area contributed by atoms with Gasteiger partial charge in [-0.2, -0.15) is 0 Å². The summed E-state index contributed by atoms with van der Waals surface area (Å²) in [5, 5.41) is 21.0. The number of para-hydroxylation sites is 1. The van der Waals surface area contributed by atoms with Crippen molar-refractivity contribution in [2.45, 2.75) is 0 Å². The SMILES string of the molecule is O[n+]1ccccc1N=Nc1ccc(Nc2ccccc2)cc1. The van der Waals surface area contributed by atoms with Gasteiger partial charge in [-0.15, -0.1) is 0 Å². The first-order valence-electron chi connectivity index (χ1n) is 6.85. The minimum atomic E-state index is 0.369. The summed E-state index contributed by atoms with van der Waals surface area (Å²) in [6, 6.07) is 22.7. The fraction of sp³-hybridized carbons (Fsp3) is 0. The van der Waals surface area contributed by atoms with Crippen LogP contribution in [0.1, 0.15) is 0 Å². The largest absolute Gasteiger partial charge is 0.388 e. The van der Waals surface area contributed by atoms with Crippen molar-refractivity contribution in [3.8, 4) is 0 Å². The van der Waals surface area contributed by atoms with Crippen LogP contribution in [-0.2, 0) is 0 Å². The van der Waals surface area contributed by atoms with E-state index in [1.807, 2.05) is 54.6 Å². The molecule has 22 heavy (non-hydrogen) atoms. The maximum Gasteiger partial charge on any atom is 0.388 e. The van der Waals surface area contributed by atoms with E-state index in [1.165, 1.54) is 6.20 Å². The smallest absolute Gasteiger partial charge is 0.356 e. The molecule has 2 N–H and O–H groups in total. The molecular formula is C17H15N4O+. The van der Waals surface area contributed by atoms with Crippen LogP contribution in [-0.4, -0.2) is 5.21 Å². The van der Waals surface area contributed by atoms with Crippen LogP contribution in [0.15, 0.2) is 89.2 Å². The summed E-state index contributed by atoms with van der Waals surface area (Å²) in [7, 11) is 0. The molecule has 0 fully saturated rings. The summed E-state index contributed by atoms with van der Waals surface area (Å²) in [5.41, 5.74) is 2.71. The highest BCUT2D eigenvalue weighted by atomic mass is 16.5. The Hall–Kier alpha value is -3.21. The van der Waals surface area contributed by atoms with Crippen LogP contribution >= 0.6 is 0 Å². The van der Waals surface area contributed by atoms with Crippen molar-refractivity contribution in [1.82, 2.24) is 0 Å². The third-order valence-corrected chi connectivity index (χ3v) is 3.02. The zero-order chi connectivity index (χ0) is 15.2. The fourth-order valence-electron chi connectivity index (χ4n) is 1.91. The zero-order valence-electron chi connectivity index (χ0n) is 11.8. The van der Waals surface area contributed by atoms with Crippen LogP contribution in [0.5, 0.6) is 0 Å². The van der Waals surface area contributed by atoms with Gasteiger partial charge in [0.15, 0.2) is 0 Å². The van der Waals surface area contributed by atoms with Gasteiger partial charge in [0.1, 0.15) is 11.9 Å². The Morgan fingerprint density at radius 1 is 0.727 bits per heavy atom. The van der Waals surface area contributed by atoms with Crippen LogP contribution in [0.2, 0.25) is 0 Å². The Bertz CT molecular complexity index is 770. The number of rotatable bonds is 4. The molecule has 108 valence electrons. The van der Waals surface area contributed by atoms with E-state index in [0.29, 0.717) is 11.5 Å². The van der Waals surface area contributed by atoms with Crippen molar-refractivity contribution >= 4 is 22.9 Å². The average Bonchev–Trinajstić information content (AvgIpc) is 2.56. The number of nitrogens with zero attached hydrogens (tertiary/aromatic N) is 3. The first kappa shape index (κ1) is 13.8. The summed E-state index contributed by atoms with van der Waals surface area (Å²) in [5.74, 6) is 0.369. The van der Waals surface area contributed by atoms with Crippen LogP contribution < -0.4 is 10.0 Å². The third kappa shape index (κ3) is 3.46. The number of benzene rings is 2. The maximum atomic E-state index is 9.55. The van der Waals surface area contributed by atoms with E-state index in [0.717, 1.165) is 16.1 Å². The Balaban J connectivity index is 1.71. The molecule has 0 saturated heterocycles. The number of hydrogen-bond acceptors (Lipinski definition) is 4. The summed E-state index contributed by atoms with van der Waals surface area (Å²) in [6.07, 6.45) is 1.50. The van der Waals surface area contributed by atoms with Gasteiger partial charge in [-0.1, -0.05) is 18.2 Å². The maximum absolute atomic E-state index is 9.55. The average molecular weight is 291 g/mol. The van der Waals surface area contributed by atoms with Gasteiger partial charge in [0, 0.05) is 17.4 Å². The van der Waals surface area contributed by atoms with E-state index in [2.05, 4.69) is 15.5 Å². The lowest BCUT2D eigenvalue weighted by Crippen LogP contribution is -2.28. The number of nitrogens with one attached hydrogen (secondary N) is 1. The summed E-state index contributed by atoms with van der Waals surface area (Å²) in [6.45, 7) is 0. The summed E-state index contributed by atoms with van der Waals surface area (Å²) < 4.78 is 0.925. The zero-order valence-corrected chi connectivity index (χ0v) is 11.8. The van der Waals surface area contributed by atoms with Crippen molar-refractivity contribution in [3.63, 3.8) is 0 Å². The van der Waals surface area contributed by atoms with Crippen LogP contribution in [0.4, 0.5) is 22.9 Å².